The largest absolute Gasteiger partial charge is 0.297 e. The molecule has 2 rings (SSSR count). The van der Waals surface area contributed by atoms with Crippen LogP contribution < -0.4 is 5.84 Å². The molecule has 1 fully saturated rings. The Balaban J connectivity index is 2.11. The lowest BCUT2D eigenvalue weighted by molar-refractivity contribution is 0.370. The van der Waals surface area contributed by atoms with Crippen molar-refractivity contribution < 1.29 is 0 Å². The molecule has 0 aromatic heterocycles. The van der Waals surface area contributed by atoms with Gasteiger partial charge in [-0.1, -0.05) is 0 Å². The lowest BCUT2D eigenvalue weighted by atomic mass is 10.5. The summed E-state index contributed by atoms with van der Waals surface area (Å²) in [7, 11) is 0. The molecule has 44 valence electrons. The van der Waals surface area contributed by atoms with Crippen molar-refractivity contribution in [2.45, 2.75) is 6.04 Å². The van der Waals surface area contributed by atoms with Crippen LogP contribution in [0.3, 0.4) is 0 Å². The average molecular weight is 112 g/mol. The molecule has 8 heavy (non-hydrogen) atoms. The van der Waals surface area contributed by atoms with Gasteiger partial charge in [-0.05, 0) is 0 Å². The second kappa shape index (κ2) is 1.14. The molecule has 0 bridgehead atoms. The van der Waals surface area contributed by atoms with E-state index in [2.05, 4.69) is 5.10 Å². The van der Waals surface area contributed by atoms with Gasteiger partial charge < -0.3 is 0 Å². The molecular weight excluding hydrogens is 104 g/mol. The van der Waals surface area contributed by atoms with E-state index in [1.165, 1.54) is 0 Å². The fourth-order valence-corrected chi connectivity index (χ4v) is 0.885. The minimum absolute atomic E-state index is 0.616. The van der Waals surface area contributed by atoms with E-state index in [-0.39, 0.29) is 0 Å². The molecule has 0 aliphatic carbocycles. The van der Waals surface area contributed by atoms with Gasteiger partial charge in [0.2, 0.25) is 0 Å². The number of hydrazone groups is 1. The molecule has 0 radical (unpaired) electrons. The summed E-state index contributed by atoms with van der Waals surface area (Å²) >= 11 is 0. The molecule has 2 heterocycles. The lowest BCUT2D eigenvalue weighted by Gasteiger charge is -2.14. The second-order valence-corrected chi connectivity index (χ2v) is 2.20. The van der Waals surface area contributed by atoms with Crippen LogP contribution >= 0.6 is 0 Å². The number of fused-ring (bicyclic) bond motifs is 1. The van der Waals surface area contributed by atoms with Gasteiger partial charge in [0.1, 0.15) is 6.34 Å². The minimum atomic E-state index is 0.616. The fourth-order valence-electron chi connectivity index (χ4n) is 0.885. The number of rotatable bonds is 0. The first-order valence-corrected chi connectivity index (χ1v) is 2.68. The van der Waals surface area contributed by atoms with E-state index in [0.29, 0.717) is 6.04 Å². The quantitative estimate of drug-likeness (QED) is 0.316. The zero-order chi connectivity index (χ0) is 5.56. The van der Waals surface area contributed by atoms with E-state index >= 15 is 0 Å². The van der Waals surface area contributed by atoms with Crippen LogP contribution in [0.5, 0.6) is 0 Å². The van der Waals surface area contributed by atoms with E-state index in [1.807, 2.05) is 5.01 Å². The molecule has 0 amide bonds. The summed E-state index contributed by atoms with van der Waals surface area (Å²) in [6, 6.07) is 0.616. The first-order valence-electron chi connectivity index (χ1n) is 2.68. The van der Waals surface area contributed by atoms with Crippen LogP contribution in [-0.2, 0) is 0 Å². The normalized spacial score (nSPS) is 32.9. The van der Waals surface area contributed by atoms with Crippen LogP contribution in [0.2, 0.25) is 0 Å². The van der Waals surface area contributed by atoms with Gasteiger partial charge in [-0.15, -0.1) is 0 Å². The Morgan fingerprint density at radius 3 is 3.12 bits per heavy atom. The van der Waals surface area contributed by atoms with Crippen LogP contribution in [0.25, 0.3) is 0 Å². The molecule has 1 atom stereocenters. The third-order valence-electron chi connectivity index (χ3n) is 1.46. The number of nitrogens with zero attached hydrogens (tertiary/aromatic N) is 3. The van der Waals surface area contributed by atoms with Gasteiger partial charge in [0, 0.05) is 0 Å². The van der Waals surface area contributed by atoms with Crippen LogP contribution in [0.4, 0.5) is 0 Å². The Labute approximate surface area is 47.5 Å². The van der Waals surface area contributed by atoms with Crippen molar-refractivity contribution in [2.75, 3.05) is 13.1 Å². The van der Waals surface area contributed by atoms with E-state index in [9.17, 15) is 0 Å². The van der Waals surface area contributed by atoms with Gasteiger partial charge in [-0.3, -0.25) is 10.0 Å². The highest BCUT2D eigenvalue weighted by molar-refractivity contribution is 5.55. The Morgan fingerprint density at radius 2 is 2.50 bits per heavy atom. The molecule has 4 nitrogen and oxygen atoms in total. The van der Waals surface area contributed by atoms with E-state index < -0.39 is 0 Å². The molecule has 0 spiro atoms. The molecule has 1 saturated heterocycles. The highest BCUT2D eigenvalue weighted by Gasteiger charge is 2.36. The van der Waals surface area contributed by atoms with Crippen molar-refractivity contribution >= 4 is 6.34 Å². The van der Waals surface area contributed by atoms with Crippen molar-refractivity contribution in [3.8, 4) is 0 Å². The molecule has 0 saturated carbocycles. The van der Waals surface area contributed by atoms with E-state index in [4.69, 9.17) is 5.84 Å². The number of hydrogen-bond donors (Lipinski definition) is 1. The first-order chi connectivity index (χ1) is 3.86. The monoisotopic (exact) mass is 112 g/mol. The number of nitrogens with two attached hydrogens (primary N) is 1. The maximum Gasteiger partial charge on any atom is 0.125 e. The molecule has 2 N–H and O–H groups in total. The standard InChI is InChI=1S/C4H8N4/c5-7-1-4-2-8(4)6-3-7/h3-4H,1-2,5H2. The number of hydrogen-bond acceptors (Lipinski definition) is 4. The maximum atomic E-state index is 5.41. The third-order valence-corrected chi connectivity index (χ3v) is 1.46. The SMILES string of the molecule is NN1C=NN2CC2C1. The van der Waals surface area contributed by atoms with Gasteiger partial charge in [0.15, 0.2) is 0 Å². The molecule has 2 aliphatic heterocycles. The van der Waals surface area contributed by atoms with Gasteiger partial charge in [-0.2, -0.15) is 5.10 Å². The van der Waals surface area contributed by atoms with Crippen LogP contribution in [-0.4, -0.2) is 35.5 Å². The summed E-state index contributed by atoms with van der Waals surface area (Å²) < 4.78 is 0. The predicted octanol–water partition coefficient (Wildman–Crippen LogP) is -1.20. The van der Waals surface area contributed by atoms with Crippen molar-refractivity contribution in [3.05, 3.63) is 0 Å². The summed E-state index contributed by atoms with van der Waals surface area (Å²) in [6.07, 6.45) is 1.66. The predicted molar refractivity (Wildman–Crippen MR) is 29.9 cm³/mol. The first kappa shape index (κ1) is 4.14. The zero-order valence-electron chi connectivity index (χ0n) is 4.49. The smallest absolute Gasteiger partial charge is 0.125 e. The topological polar surface area (TPSA) is 44.6 Å². The Kier molecular flexibility index (Phi) is 0.590. The van der Waals surface area contributed by atoms with Crippen molar-refractivity contribution in [1.82, 2.24) is 10.0 Å². The molecular formula is C4H8N4. The van der Waals surface area contributed by atoms with Crippen molar-refractivity contribution in [2.24, 2.45) is 10.9 Å². The molecule has 0 aromatic rings. The van der Waals surface area contributed by atoms with Crippen LogP contribution in [0.1, 0.15) is 0 Å². The number of hydrazine groups is 1. The maximum absolute atomic E-state index is 5.41. The fraction of sp³-hybridized carbons (Fsp3) is 0.750. The summed E-state index contributed by atoms with van der Waals surface area (Å²) in [5.41, 5.74) is 0. The van der Waals surface area contributed by atoms with E-state index in [1.54, 1.807) is 11.3 Å². The lowest BCUT2D eigenvalue weighted by Crippen LogP contribution is -2.36. The third kappa shape index (κ3) is 0.462. The van der Waals surface area contributed by atoms with Crippen LogP contribution in [0, 0.1) is 0 Å². The summed E-state index contributed by atoms with van der Waals surface area (Å²) in [6.45, 7) is 2.02. The van der Waals surface area contributed by atoms with Gasteiger partial charge in [0.25, 0.3) is 0 Å². The van der Waals surface area contributed by atoms with Crippen molar-refractivity contribution in [3.63, 3.8) is 0 Å². The summed E-state index contributed by atoms with van der Waals surface area (Å²) in [5.74, 6) is 5.41. The van der Waals surface area contributed by atoms with Gasteiger partial charge >= 0.3 is 0 Å². The Morgan fingerprint density at radius 1 is 1.62 bits per heavy atom. The van der Waals surface area contributed by atoms with Gasteiger partial charge in [0.05, 0.1) is 19.1 Å². The van der Waals surface area contributed by atoms with E-state index in [0.717, 1.165) is 13.1 Å². The zero-order valence-corrected chi connectivity index (χ0v) is 4.49. The molecule has 4 heteroatoms. The molecule has 1 unspecified atom stereocenters. The van der Waals surface area contributed by atoms with Gasteiger partial charge in [-0.25, -0.2) is 5.84 Å². The van der Waals surface area contributed by atoms with Crippen molar-refractivity contribution in [1.29, 1.82) is 0 Å². The average Bonchev–Trinajstić information content (AvgIpc) is 2.43. The molecule has 2 aliphatic rings. The molecule has 0 aromatic carbocycles. The highest BCUT2D eigenvalue weighted by atomic mass is 15.6. The summed E-state index contributed by atoms with van der Waals surface area (Å²) in [5, 5.41) is 7.63. The highest BCUT2D eigenvalue weighted by Crippen LogP contribution is 2.19. The Bertz CT molecular complexity index is 132. The minimum Gasteiger partial charge on any atom is -0.297 e. The summed E-state index contributed by atoms with van der Waals surface area (Å²) in [4.78, 5) is 0. The van der Waals surface area contributed by atoms with Crippen LogP contribution in [0.15, 0.2) is 5.10 Å². The second-order valence-electron chi connectivity index (χ2n) is 2.20. The Hall–Kier alpha value is -0.770.